The third-order valence-electron chi connectivity index (χ3n) is 3.33. The van der Waals surface area contributed by atoms with Crippen molar-refractivity contribution in [1.82, 2.24) is 0 Å². The molecule has 0 radical (unpaired) electrons. The van der Waals surface area contributed by atoms with Crippen LogP contribution in [-0.4, -0.2) is 12.5 Å². The Bertz CT molecular complexity index is 603. The minimum atomic E-state index is -0.0474. The minimum Gasteiger partial charge on any atom is -0.376 e. The van der Waals surface area contributed by atoms with E-state index in [1.165, 1.54) is 11.1 Å². The lowest BCUT2D eigenvalue weighted by Gasteiger charge is -2.10. The van der Waals surface area contributed by atoms with Crippen molar-refractivity contribution in [3.63, 3.8) is 0 Å². The Morgan fingerprint density at radius 3 is 2.38 bits per heavy atom. The highest BCUT2D eigenvalue weighted by Crippen LogP contribution is 2.17. The number of nitrogens with one attached hydrogen (secondary N) is 2. The summed E-state index contributed by atoms with van der Waals surface area (Å²) in [5, 5.41) is 6.01. The van der Waals surface area contributed by atoms with Gasteiger partial charge in [0, 0.05) is 11.4 Å². The van der Waals surface area contributed by atoms with Crippen LogP contribution in [0.4, 0.5) is 11.4 Å². The molecule has 0 aromatic heterocycles. The van der Waals surface area contributed by atoms with Crippen molar-refractivity contribution in [2.75, 3.05) is 17.2 Å². The van der Waals surface area contributed by atoms with Crippen LogP contribution in [0.25, 0.3) is 0 Å². The summed E-state index contributed by atoms with van der Waals surface area (Å²) in [5.41, 5.74) is 4.23. The van der Waals surface area contributed by atoms with E-state index in [1.54, 1.807) is 0 Å². The predicted molar refractivity (Wildman–Crippen MR) is 88.8 cm³/mol. The summed E-state index contributed by atoms with van der Waals surface area (Å²) in [6, 6.07) is 16.0. The molecule has 21 heavy (non-hydrogen) atoms. The Balaban J connectivity index is 1.87. The van der Waals surface area contributed by atoms with Gasteiger partial charge in [-0.2, -0.15) is 0 Å². The van der Waals surface area contributed by atoms with Crippen molar-refractivity contribution < 1.29 is 4.79 Å². The second kappa shape index (κ2) is 6.93. The highest BCUT2D eigenvalue weighted by Gasteiger charge is 2.03. The van der Waals surface area contributed by atoms with Crippen LogP contribution in [0, 0.1) is 6.92 Å². The van der Waals surface area contributed by atoms with Crippen LogP contribution in [0.5, 0.6) is 0 Å². The van der Waals surface area contributed by atoms with E-state index in [1.807, 2.05) is 55.5 Å². The Labute approximate surface area is 126 Å². The predicted octanol–water partition coefficient (Wildman–Crippen LogP) is 4.17. The van der Waals surface area contributed by atoms with E-state index in [2.05, 4.69) is 24.5 Å². The van der Waals surface area contributed by atoms with Crippen LogP contribution in [0.1, 0.15) is 30.9 Å². The van der Waals surface area contributed by atoms with Gasteiger partial charge >= 0.3 is 0 Å². The number of hydrogen-bond acceptors (Lipinski definition) is 2. The van der Waals surface area contributed by atoms with E-state index < -0.39 is 0 Å². The smallest absolute Gasteiger partial charge is 0.243 e. The van der Waals surface area contributed by atoms with E-state index in [0.717, 1.165) is 11.4 Å². The van der Waals surface area contributed by atoms with Gasteiger partial charge in [0.05, 0.1) is 6.54 Å². The summed E-state index contributed by atoms with van der Waals surface area (Å²) in [5.74, 6) is 0.451. The molecule has 2 rings (SSSR count). The molecule has 3 heteroatoms. The third kappa shape index (κ3) is 4.63. The van der Waals surface area contributed by atoms with Crippen LogP contribution in [0.15, 0.2) is 48.5 Å². The number of rotatable bonds is 5. The van der Waals surface area contributed by atoms with E-state index in [0.29, 0.717) is 5.92 Å². The van der Waals surface area contributed by atoms with Gasteiger partial charge in [0.25, 0.3) is 0 Å². The molecule has 0 unspecified atom stereocenters. The molecule has 0 aliphatic carbocycles. The molecule has 2 aromatic rings. The molecule has 2 aromatic carbocycles. The normalized spacial score (nSPS) is 10.5. The Morgan fingerprint density at radius 1 is 1.05 bits per heavy atom. The lowest BCUT2D eigenvalue weighted by molar-refractivity contribution is -0.114. The third-order valence-corrected chi connectivity index (χ3v) is 3.33. The molecular formula is C18H22N2O. The molecule has 0 aliphatic heterocycles. The molecule has 0 heterocycles. The Hall–Kier alpha value is -2.29. The molecule has 0 bridgehead atoms. The maximum absolute atomic E-state index is 11.9. The molecule has 1 amide bonds. The number of aryl methyl sites for hydroxylation is 1. The molecule has 0 atom stereocenters. The van der Waals surface area contributed by atoms with E-state index >= 15 is 0 Å². The zero-order valence-corrected chi connectivity index (χ0v) is 12.8. The summed E-state index contributed by atoms with van der Waals surface area (Å²) in [4.78, 5) is 11.9. The van der Waals surface area contributed by atoms with Gasteiger partial charge in [-0.3, -0.25) is 4.79 Å². The largest absolute Gasteiger partial charge is 0.376 e. The standard InChI is InChI=1S/C18H22N2O/c1-13(2)15-7-9-16(10-8-15)20-18(21)12-19-17-6-4-5-14(3)11-17/h4-11,13,19H,12H2,1-3H3,(H,20,21). The van der Waals surface area contributed by atoms with Gasteiger partial charge in [0.1, 0.15) is 0 Å². The molecule has 0 aliphatic rings. The summed E-state index contributed by atoms with van der Waals surface area (Å²) >= 11 is 0. The highest BCUT2D eigenvalue weighted by atomic mass is 16.1. The van der Waals surface area contributed by atoms with Crippen LogP contribution in [0.3, 0.4) is 0 Å². The van der Waals surface area contributed by atoms with Gasteiger partial charge < -0.3 is 10.6 Å². The molecule has 3 nitrogen and oxygen atoms in total. The summed E-state index contributed by atoms with van der Waals surface area (Å²) in [6.07, 6.45) is 0. The van der Waals surface area contributed by atoms with Crippen molar-refractivity contribution in [2.24, 2.45) is 0 Å². The monoisotopic (exact) mass is 282 g/mol. The number of anilines is 2. The van der Waals surface area contributed by atoms with Gasteiger partial charge in [-0.1, -0.05) is 38.1 Å². The van der Waals surface area contributed by atoms with Crippen molar-refractivity contribution >= 4 is 17.3 Å². The first kappa shape index (κ1) is 15.1. The fourth-order valence-electron chi connectivity index (χ4n) is 2.09. The SMILES string of the molecule is Cc1cccc(NCC(=O)Nc2ccc(C(C)C)cc2)c1. The van der Waals surface area contributed by atoms with Crippen LogP contribution in [0.2, 0.25) is 0 Å². The maximum atomic E-state index is 11.9. The molecule has 0 fully saturated rings. The molecule has 2 N–H and O–H groups in total. The lowest BCUT2D eigenvalue weighted by Crippen LogP contribution is -2.21. The number of benzene rings is 2. The molecule has 0 saturated heterocycles. The maximum Gasteiger partial charge on any atom is 0.243 e. The lowest BCUT2D eigenvalue weighted by atomic mass is 10.0. The zero-order chi connectivity index (χ0) is 15.2. The number of carbonyl (C=O) groups excluding carboxylic acids is 1. The van der Waals surface area contributed by atoms with Gasteiger partial charge in [-0.25, -0.2) is 0 Å². The zero-order valence-electron chi connectivity index (χ0n) is 12.8. The molecular weight excluding hydrogens is 260 g/mol. The summed E-state index contributed by atoms with van der Waals surface area (Å²) in [6.45, 7) is 6.59. The molecule has 110 valence electrons. The van der Waals surface area contributed by atoms with Gasteiger partial charge in [-0.15, -0.1) is 0 Å². The van der Waals surface area contributed by atoms with Crippen LogP contribution < -0.4 is 10.6 Å². The Kier molecular flexibility index (Phi) is 4.99. The fraction of sp³-hybridized carbons (Fsp3) is 0.278. The fourth-order valence-corrected chi connectivity index (χ4v) is 2.09. The second-order valence-corrected chi connectivity index (χ2v) is 5.55. The minimum absolute atomic E-state index is 0.0474. The molecule has 0 spiro atoms. The van der Waals surface area contributed by atoms with Crippen molar-refractivity contribution in [1.29, 1.82) is 0 Å². The van der Waals surface area contributed by atoms with E-state index in [9.17, 15) is 4.79 Å². The Morgan fingerprint density at radius 2 is 1.76 bits per heavy atom. The quantitative estimate of drug-likeness (QED) is 0.864. The van der Waals surface area contributed by atoms with Crippen molar-refractivity contribution in [3.8, 4) is 0 Å². The summed E-state index contributed by atoms with van der Waals surface area (Å²) in [7, 11) is 0. The van der Waals surface area contributed by atoms with Crippen LogP contribution >= 0.6 is 0 Å². The average molecular weight is 282 g/mol. The molecule has 0 saturated carbocycles. The van der Waals surface area contributed by atoms with Gasteiger partial charge in [-0.05, 0) is 48.2 Å². The first-order valence-corrected chi connectivity index (χ1v) is 7.25. The van der Waals surface area contributed by atoms with Gasteiger partial charge in [0.2, 0.25) is 5.91 Å². The van der Waals surface area contributed by atoms with Gasteiger partial charge in [0.15, 0.2) is 0 Å². The first-order chi connectivity index (χ1) is 10.0. The first-order valence-electron chi connectivity index (χ1n) is 7.25. The average Bonchev–Trinajstić information content (AvgIpc) is 2.46. The second-order valence-electron chi connectivity index (χ2n) is 5.55. The van der Waals surface area contributed by atoms with Crippen LogP contribution in [-0.2, 0) is 4.79 Å². The van der Waals surface area contributed by atoms with Crippen molar-refractivity contribution in [3.05, 3.63) is 59.7 Å². The van der Waals surface area contributed by atoms with Crippen molar-refractivity contribution in [2.45, 2.75) is 26.7 Å². The van der Waals surface area contributed by atoms with E-state index in [-0.39, 0.29) is 12.5 Å². The number of hydrogen-bond donors (Lipinski definition) is 2. The summed E-state index contributed by atoms with van der Waals surface area (Å²) < 4.78 is 0. The topological polar surface area (TPSA) is 41.1 Å². The van der Waals surface area contributed by atoms with E-state index in [4.69, 9.17) is 0 Å². The number of amides is 1. The highest BCUT2D eigenvalue weighted by molar-refractivity contribution is 5.93. The number of carbonyl (C=O) groups is 1.